The maximum atomic E-state index is 12.7. The van der Waals surface area contributed by atoms with E-state index in [2.05, 4.69) is 46.4 Å². The van der Waals surface area contributed by atoms with Crippen molar-refractivity contribution in [3.05, 3.63) is 54.4 Å². The lowest BCUT2D eigenvalue weighted by Gasteiger charge is -2.20. The fraction of sp³-hybridized carbons (Fsp3) is 0.364. The van der Waals surface area contributed by atoms with Gasteiger partial charge in [-0.25, -0.2) is 0 Å². The molecule has 0 saturated carbocycles. The van der Waals surface area contributed by atoms with Crippen molar-refractivity contribution in [2.75, 3.05) is 18.8 Å². The van der Waals surface area contributed by atoms with E-state index in [0.717, 1.165) is 48.2 Å². The lowest BCUT2D eigenvalue weighted by atomic mass is 10.2. The SMILES string of the molecule is Cc1ccc(-n2c(SCC(=O)N3CCCCCC3)nnc2-c2ccncc2)cc1. The fourth-order valence-electron chi connectivity index (χ4n) is 3.52. The van der Waals surface area contributed by atoms with Gasteiger partial charge in [0.05, 0.1) is 5.75 Å². The first-order valence-corrected chi connectivity index (χ1v) is 11.0. The number of aromatic nitrogens is 4. The molecule has 6 nitrogen and oxygen atoms in total. The molecular formula is C22H25N5OS. The number of hydrogen-bond donors (Lipinski definition) is 0. The van der Waals surface area contributed by atoms with Crippen molar-refractivity contribution in [2.24, 2.45) is 0 Å². The molecule has 1 fully saturated rings. The van der Waals surface area contributed by atoms with Gasteiger partial charge < -0.3 is 4.90 Å². The molecule has 1 saturated heterocycles. The molecule has 0 aliphatic carbocycles. The van der Waals surface area contributed by atoms with Gasteiger partial charge in [0.15, 0.2) is 11.0 Å². The quantitative estimate of drug-likeness (QED) is 0.595. The van der Waals surface area contributed by atoms with Crippen LogP contribution in [0.2, 0.25) is 0 Å². The minimum Gasteiger partial charge on any atom is -0.342 e. The number of amides is 1. The summed E-state index contributed by atoms with van der Waals surface area (Å²) in [6.45, 7) is 3.80. The first-order valence-electron chi connectivity index (χ1n) is 10.1. The molecule has 1 aromatic carbocycles. The van der Waals surface area contributed by atoms with E-state index in [1.54, 1.807) is 12.4 Å². The largest absolute Gasteiger partial charge is 0.342 e. The van der Waals surface area contributed by atoms with Crippen molar-refractivity contribution in [3.63, 3.8) is 0 Å². The standard InChI is InChI=1S/C22H25N5OS/c1-17-6-8-19(9-7-17)27-21(18-10-12-23-13-11-18)24-25-22(27)29-16-20(28)26-14-4-2-3-5-15-26/h6-13H,2-5,14-16H2,1H3. The van der Waals surface area contributed by atoms with Gasteiger partial charge in [0.2, 0.25) is 5.91 Å². The van der Waals surface area contributed by atoms with Gasteiger partial charge in [-0.15, -0.1) is 10.2 Å². The van der Waals surface area contributed by atoms with Crippen LogP contribution in [-0.2, 0) is 4.79 Å². The van der Waals surface area contributed by atoms with Gasteiger partial charge in [-0.1, -0.05) is 42.3 Å². The summed E-state index contributed by atoms with van der Waals surface area (Å²) in [5, 5.41) is 9.57. The summed E-state index contributed by atoms with van der Waals surface area (Å²) in [7, 11) is 0. The minimum absolute atomic E-state index is 0.181. The lowest BCUT2D eigenvalue weighted by molar-refractivity contribution is -0.128. The summed E-state index contributed by atoms with van der Waals surface area (Å²) in [5.74, 6) is 1.31. The highest BCUT2D eigenvalue weighted by molar-refractivity contribution is 7.99. The van der Waals surface area contributed by atoms with Crippen LogP contribution in [0.4, 0.5) is 0 Å². The Morgan fingerprint density at radius 3 is 2.34 bits per heavy atom. The summed E-state index contributed by atoms with van der Waals surface area (Å²) < 4.78 is 2.02. The molecule has 2 aromatic heterocycles. The number of pyridine rings is 1. The van der Waals surface area contributed by atoms with E-state index in [0.29, 0.717) is 5.75 Å². The molecule has 0 bridgehead atoms. The second-order valence-electron chi connectivity index (χ2n) is 7.30. The number of nitrogens with zero attached hydrogens (tertiary/aromatic N) is 5. The molecule has 0 unspecified atom stereocenters. The molecule has 1 amide bonds. The van der Waals surface area contributed by atoms with E-state index < -0.39 is 0 Å². The number of carbonyl (C=O) groups is 1. The van der Waals surface area contributed by atoms with E-state index in [1.807, 2.05) is 21.6 Å². The number of carbonyl (C=O) groups excluding carboxylic acids is 1. The predicted molar refractivity (Wildman–Crippen MR) is 115 cm³/mol. The van der Waals surface area contributed by atoms with Crippen molar-refractivity contribution in [1.82, 2.24) is 24.6 Å². The Bertz CT molecular complexity index is 947. The smallest absolute Gasteiger partial charge is 0.233 e. The summed E-state index contributed by atoms with van der Waals surface area (Å²) in [6, 6.07) is 12.1. The summed E-state index contributed by atoms with van der Waals surface area (Å²) >= 11 is 1.45. The second-order valence-corrected chi connectivity index (χ2v) is 8.24. The zero-order chi connectivity index (χ0) is 20.1. The highest BCUT2D eigenvalue weighted by Crippen LogP contribution is 2.28. The van der Waals surface area contributed by atoms with Gasteiger partial charge >= 0.3 is 0 Å². The molecule has 7 heteroatoms. The Morgan fingerprint density at radius 1 is 0.966 bits per heavy atom. The number of thioether (sulfide) groups is 1. The number of rotatable bonds is 5. The van der Waals surface area contributed by atoms with Crippen molar-refractivity contribution in [3.8, 4) is 17.1 Å². The molecule has 3 heterocycles. The average molecular weight is 408 g/mol. The number of likely N-dealkylation sites (tertiary alicyclic amines) is 1. The molecule has 0 spiro atoms. The van der Waals surface area contributed by atoms with Crippen LogP contribution >= 0.6 is 11.8 Å². The summed E-state index contributed by atoms with van der Waals surface area (Å²) in [6.07, 6.45) is 8.13. The maximum Gasteiger partial charge on any atom is 0.233 e. The third-order valence-electron chi connectivity index (χ3n) is 5.15. The van der Waals surface area contributed by atoms with Crippen molar-refractivity contribution in [1.29, 1.82) is 0 Å². The third-order valence-corrected chi connectivity index (χ3v) is 6.06. The second kappa shape index (κ2) is 9.22. The highest BCUT2D eigenvalue weighted by atomic mass is 32.2. The van der Waals surface area contributed by atoms with Gasteiger partial charge in [-0.05, 0) is 44.0 Å². The molecule has 0 atom stereocenters. The topological polar surface area (TPSA) is 63.9 Å². The van der Waals surface area contributed by atoms with Crippen LogP contribution in [0.3, 0.4) is 0 Å². The monoisotopic (exact) mass is 407 g/mol. The Morgan fingerprint density at radius 2 is 1.66 bits per heavy atom. The predicted octanol–water partition coefficient (Wildman–Crippen LogP) is 4.13. The highest BCUT2D eigenvalue weighted by Gasteiger charge is 2.20. The first kappa shape index (κ1) is 19.6. The van der Waals surface area contributed by atoms with Gasteiger partial charge in [0, 0.05) is 36.7 Å². The van der Waals surface area contributed by atoms with E-state index in [-0.39, 0.29) is 5.91 Å². The van der Waals surface area contributed by atoms with Crippen LogP contribution in [0.15, 0.2) is 53.9 Å². The molecule has 4 rings (SSSR count). The number of aryl methyl sites for hydroxylation is 1. The van der Waals surface area contributed by atoms with Crippen molar-refractivity contribution in [2.45, 2.75) is 37.8 Å². The molecule has 3 aromatic rings. The zero-order valence-electron chi connectivity index (χ0n) is 16.6. The Labute approximate surface area is 175 Å². The number of benzene rings is 1. The van der Waals surface area contributed by atoms with Gasteiger partial charge in [0.1, 0.15) is 0 Å². The molecule has 1 aliphatic heterocycles. The zero-order valence-corrected chi connectivity index (χ0v) is 17.4. The van der Waals surface area contributed by atoms with Crippen LogP contribution in [0, 0.1) is 6.92 Å². The Kier molecular flexibility index (Phi) is 6.24. The van der Waals surface area contributed by atoms with Crippen LogP contribution in [0.5, 0.6) is 0 Å². The molecule has 0 N–H and O–H groups in total. The first-order chi connectivity index (χ1) is 14.2. The van der Waals surface area contributed by atoms with Crippen LogP contribution in [0.25, 0.3) is 17.1 Å². The molecule has 29 heavy (non-hydrogen) atoms. The average Bonchev–Trinajstić information content (AvgIpc) is 2.98. The fourth-order valence-corrected chi connectivity index (χ4v) is 4.37. The Balaban J connectivity index is 1.60. The van der Waals surface area contributed by atoms with Crippen molar-refractivity contribution < 1.29 is 4.79 Å². The van der Waals surface area contributed by atoms with E-state index >= 15 is 0 Å². The van der Waals surface area contributed by atoms with Crippen LogP contribution in [-0.4, -0.2) is 49.4 Å². The van der Waals surface area contributed by atoms with Crippen LogP contribution < -0.4 is 0 Å². The molecule has 1 aliphatic rings. The maximum absolute atomic E-state index is 12.7. The molecule has 0 radical (unpaired) electrons. The molecule has 150 valence electrons. The summed E-state index contributed by atoms with van der Waals surface area (Å²) in [4.78, 5) is 18.8. The van der Waals surface area contributed by atoms with Gasteiger partial charge in [-0.3, -0.25) is 14.3 Å². The van der Waals surface area contributed by atoms with Crippen molar-refractivity contribution >= 4 is 17.7 Å². The van der Waals surface area contributed by atoms with E-state index in [4.69, 9.17) is 0 Å². The molecular weight excluding hydrogens is 382 g/mol. The minimum atomic E-state index is 0.181. The van der Waals surface area contributed by atoms with Gasteiger partial charge in [-0.2, -0.15) is 0 Å². The van der Waals surface area contributed by atoms with Gasteiger partial charge in [0.25, 0.3) is 0 Å². The summed E-state index contributed by atoms with van der Waals surface area (Å²) in [5.41, 5.74) is 3.12. The third kappa shape index (κ3) is 4.67. The normalized spacial score (nSPS) is 14.6. The lowest BCUT2D eigenvalue weighted by Crippen LogP contribution is -2.33. The van der Waals surface area contributed by atoms with E-state index in [9.17, 15) is 4.79 Å². The Hall–Kier alpha value is -2.67. The van der Waals surface area contributed by atoms with E-state index in [1.165, 1.54) is 30.2 Å². The number of hydrogen-bond acceptors (Lipinski definition) is 5. The van der Waals surface area contributed by atoms with Crippen LogP contribution in [0.1, 0.15) is 31.2 Å².